The second-order valence-electron chi connectivity index (χ2n) is 7.24. The maximum Gasteiger partial charge on any atom is 0.226 e. The zero-order chi connectivity index (χ0) is 20.9. The Bertz CT molecular complexity index is 955. The van der Waals surface area contributed by atoms with E-state index in [4.69, 9.17) is 8.83 Å². The van der Waals surface area contributed by atoms with E-state index >= 15 is 0 Å². The number of nitrogens with one attached hydrogen (secondary N) is 2. The molecule has 2 aromatic heterocycles. The molecule has 1 atom stereocenters. The molecule has 29 heavy (non-hydrogen) atoms. The molecule has 0 saturated heterocycles. The minimum absolute atomic E-state index is 0.249. The van der Waals surface area contributed by atoms with E-state index in [2.05, 4.69) is 20.6 Å². The van der Waals surface area contributed by atoms with Crippen molar-refractivity contribution in [3.63, 3.8) is 0 Å². The highest BCUT2D eigenvalue weighted by atomic mass is 16.4. The minimum atomic E-state index is -1.16. The number of guanidine groups is 1. The first-order valence-electron chi connectivity index (χ1n) is 9.70. The Hall–Kier alpha value is -3.06. The summed E-state index contributed by atoms with van der Waals surface area (Å²) in [4.78, 5) is 9.04. The fourth-order valence-electron chi connectivity index (χ4n) is 2.78. The van der Waals surface area contributed by atoms with Crippen LogP contribution in [-0.2, 0) is 12.1 Å². The van der Waals surface area contributed by atoms with Gasteiger partial charge in [-0.3, -0.25) is 0 Å². The number of aliphatic imine (C=N–C) groups is 1. The third kappa shape index (κ3) is 5.48. The third-order valence-corrected chi connectivity index (χ3v) is 4.46. The molecule has 3 rings (SSSR count). The molecular formula is C22H28N4O3. The Labute approximate surface area is 170 Å². The fourth-order valence-corrected chi connectivity index (χ4v) is 2.78. The molecule has 7 heteroatoms. The standard InChI is InChI=1S/C22H28N4O3/c1-5-23-21(25-14-22(4,27)19-11-8-16(3)29-19)24-12-18-13-28-20(26-18)17-9-6-15(2)7-10-17/h6-11,13,27H,5,12,14H2,1-4H3,(H2,23,24,25). The number of benzene rings is 1. The number of aliphatic hydroxyl groups is 1. The van der Waals surface area contributed by atoms with Gasteiger partial charge in [-0.25, -0.2) is 9.98 Å². The van der Waals surface area contributed by atoms with E-state index in [-0.39, 0.29) is 6.54 Å². The predicted molar refractivity (Wildman–Crippen MR) is 113 cm³/mol. The van der Waals surface area contributed by atoms with Crippen molar-refractivity contribution in [3.05, 3.63) is 65.4 Å². The Morgan fingerprint density at radius 1 is 1.14 bits per heavy atom. The van der Waals surface area contributed by atoms with Crippen molar-refractivity contribution >= 4 is 5.96 Å². The molecule has 0 bridgehead atoms. The quantitative estimate of drug-likeness (QED) is 0.418. The minimum Gasteiger partial charge on any atom is -0.463 e. The van der Waals surface area contributed by atoms with Gasteiger partial charge in [0.25, 0.3) is 0 Å². The lowest BCUT2D eigenvalue weighted by Gasteiger charge is -2.22. The molecule has 2 heterocycles. The SMILES string of the molecule is CCNC(=NCc1coc(-c2ccc(C)cc2)n1)NCC(C)(O)c1ccc(C)o1. The molecule has 0 amide bonds. The van der Waals surface area contributed by atoms with Crippen LogP contribution in [0.2, 0.25) is 0 Å². The summed E-state index contributed by atoms with van der Waals surface area (Å²) in [5.74, 6) is 2.43. The van der Waals surface area contributed by atoms with Gasteiger partial charge in [0.1, 0.15) is 29.1 Å². The van der Waals surface area contributed by atoms with Crippen LogP contribution in [0.25, 0.3) is 11.5 Å². The summed E-state index contributed by atoms with van der Waals surface area (Å²) in [5, 5.41) is 17.0. The topological polar surface area (TPSA) is 95.8 Å². The van der Waals surface area contributed by atoms with E-state index < -0.39 is 5.60 Å². The normalized spacial score (nSPS) is 13.9. The van der Waals surface area contributed by atoms with Crippen molar-refractivity contribution in [1.29, 1.82) is 0 Å². The van der Waals surface area contributed by atoms with E-state index in [1.807, 2.05) is 51.1 Å². The second kappa shape index (κ2) is 8.96. The molecule has 0 spiro atoms. The van der Waals surface area contributed by atoms with Gasteiger partial charge < -0.3 is 24.6 Å². The average Bonchev–Trinajstić information content (AvgIpc) is 3.34. The van der Waals surface area contributed by atoms with E-state index in [1.165, 1.54) is 5.56 Å². The van der Waals surface area contributed by atoms with Gasteiger partial charge in [-0.15, -0.1) is 0 Å². The number of aromatic nitrogens is 1. The second-order valence-corrected chi connectivity index (χ2v) is 7.24. The Kier molecular flexibility index (Phi) is 6.39. The van der Waals surface area contributed by atoms with Crippen molar-refractivity contribution in [2.45, 2.75) is 39.8 Å². The first-order chi connectivity index (χ1) is 13.9. The van der Waals surface area contributed by atoms with E-state index in [0.29, 0.717) is 30.7 Å². The summed E-state index contributed by atoms with van der Waals surface area (Å²) < 4.78 is 11.1. The molecule has 0 aliphatic carbocycles. The monoisotopic (exact) mass is 396 g/mol. The van der Waals surface area contributed by atoms with Gasteiger partial charge >= 0.3 is 0 Å². The Morgan fingerprint density at radius 3 is 2.55 bits per heavy atom. The first-order valence-corrected chi connectivity index (χ1v) is 9.70. The number of nitrogens with zero attached hydrogens (tertiary/aromatic N) is 2. The van der Waals surface area contributed by atoms with Gasteiger partial charge in [0.15, 0.2) is 5.96 Å². The van der Waals surface area contributed by atoms with Crippen molar-refractivity contribution in [2.75, 3.05) is 13.1 Å². The van der Waals surface area contributed by atoms with Crippen molar-refractivity contribution < 1.29 is 13.9 Å². The molecular weight excluding hydrogens is 368 g/mol. The highest BCUT2D eigenvalue weighted by Crippen LogP contribution is 2.22. The summed E-state index contributed by atoms with van der Waals surface area (Å²) in [6.45, 7) is 8.87. The largest absolute Gasteiger partial charge is 0.463 e. The number of aryl methyl sites for hydroxylation is 2. The van der Waals surface area contributed by atoms with Crippen LogP contribution in [0.4, 0.5) is 0 Å². The highest BCUT2D eigenvalue weighted by molar-refractivity contribution is 5.79. The van der Waals surface area contributed by atoms with E-state index in [0.717, 1.165) is 17.0 Å². The van der Waals surface area contributed by atoms with Gasteiger partial charge in [0, 0.05) is 12.1 Å². The lowest BCUT2D eigenvalue weighted by Crippen LogP contribution is -2.44. The molecule has 0 radical (unpaired) electrons. The molecule has 3 N–H and O–H groups in total. The molecule has 0 aliphatic rings. The zero-order valence-electron chi connectivity index (χ0n) is 17.3. The van der Waals surface area contributed by atoms with Crippen LogP contribution in [0.5, 0.6) is 0 Å². The summed E-state index contributed by atoms with van der Waals surface area (Å²) in [6.07, 6.45) is 1.62. The van der Waals surface area contributed by atoms with Gasteiger partial charge in [0.05, 0.1) is 13.1 Å². The van der Waals surface area contributed by atoms with Crippen LogP contribution in [0.1, 0.15) is 36.6 Å². The summed E-state index contributed by atoms with van der Waals surface area (Å²) >= 11 is 0. The first kappa shape index (κ1) is 20.7. The summed E-state index contributed by atoms with van der Waals surface area (Å²) in [7, 11) is 0. The van der Waals surface area contributed by atoms with Crippen molar-refractivity contribution in [3.8, 4) is 11.5 Å². The fraction of sp³-hybridized carbons (Fsp3) is 0.364. The number of rotatable bonds is 7. The summed E-state index contributed by atoms with van der Waals surface area (Å²) in [5.41, 5.74) is 1.69. The van der Waals surface area contributed by atoms with Crippen molar-refractivity contribution in [2.24, 2.45) is 4.99 Å². The van der Waals surface area contributed by atoms with Gasteiger partial charge in [0.2, 0.25) is 5.89 Å². The predicted octanol–water partition coefficient (Wildman–Crippen LogP) is 3.51. The average molecular weight is 396 g/mol. The Morgan fingerprint density at radius 2 is 1.90 bits per heavy atom. The van der Waals surface area contributed by atoms with E-state index in [1.54, 1.807) is 19.3 Å². The summed E-state index contributed by atoms with van der Waals surface area (Å²) in [6, 6.07) is 11.6. The van der Waals surface area contributed by atoms with Crippen LogP contribution >= 0.6 is 0 Å². The van der Waals surface area contributed by atoms with E-state index in [9.17, 15) is 5.11 Å². The molecule has 0 fully saturated rings. The molecule has 7 nitrogen and oxygen atoms in total. The van der Waals surface area contributed by atoms with Crippen LogP contribution in [0.3, 0.4) is 0 Å². The zero-order valence-corrected chi connectivity index (χ0v) is 17.3. The van der Waals surface area contributed by atoms with Gasteiger partial charge in [-0.05, 0) is 52.0 Å². The highest BCUT2D eigenvalue weighted by Gasteiger charge is 2.27. The van der Waals surface area contributed by atoms with Crippen LogP contribution in [0.15, 0.2) is 56.5 Å². The molecule has 0 saturated carbocycles. The smallest absolute Gasteiger partial charge is 0.226 e. The van der Waals surface area contributed by atoms with Crippen LogP contribution in [-0.4, -0.2) is 29.1 Å². The number of furan rings is 1. The Balaban J connectivity index is 1.64. The lowest BCUT2D eigenvalue weighted by molar-refractivity contribution is 0.0378. The lowest BCUT2D eigenvalue weighted by atomic mass is 10.0. The molecule has 1 aromatic carbocycles. The molecule has 0 aliphatic heterocycles. The van der Waals surface area contributed by atoms with Crippen LogP contribution in [0, 0.1) is 13.8 Å². The molecule has 154 valence electrons. The maximum atomic E-state index is 10.7. The number of hydrogen-bond acceptors (Lipinski definition) is 5. The van der Waals surface area contributed by atoms with Crippen LogP contribution < -0.4 is 10.6 Å². The maximum absolute atomic E-state index is 10.7. The molecule has 1 unspecified atom stereocenters. The third-order valence-electron chi connectivity index (χ3n) is 4.46. The number of oxazole rings is 1. The van der Waals surface area contributed by atoms with Crippen molar-refractivity contribution in [1.82, 2.24) is 15.6 Å². The van der Waals surface area contributed by atoms with Gasteiger partial charge in [-0.1, -0.05) is 17.7 Å². The van der Waals surface area contributed by atoms with Gasteiger partial charge in [-0.2, -0.15) is 0 Å². The number of hydrogen-bond donors (Lipinski definition) is 3. The molecule has 3 aromatic rings.